The predicted molar refractivity (Wildman–Crippen MR) is 91.2 cm³/mol. The smallest absolute Gasteiger partial charge is 0.208 e. The Labute approximate surface area is 145 Å². The molecule has 7 heteroatoms. The second kappa shape index (κ2) is 8.04. The number of aromatic amines is 1. The summed E-state index contributed by atoms with van der Waals surface area (Å²) in [5.41, 5.74) is 0.991. The fourth-order valence-electron chi connectivity index (χ4n) is 2.37. The van der Waals surface area contributed by atoms with Gasteiger partial charge in [0.05, 0.1) is 6.10 Å². The van der Waals surface area contributed by atoms with Gasteiger partial charge in [0.15, 0.2) is 5.82 Å². The number of nitrogens with zero attached hydrogens (tertiary/aromatic N) is 2. The zero-order valence-corrected chi connectivity index (χ0v) is 14.6. The summed E-state index contributed by atoms with van der Waals surface area (Å²) in [5.74, 6) is 2.38. The third kappa shape index (κ3) is 4.86. The van der Waals surface area contributed by atoms with Crippen LogP contribution in [0.5, 0.6) is 5.75 Å². The number of aromatic nitrogens is 3. The molecule has 23 heavy (non-hydrogen) atoms. The number of rotatable bonds is 6. The van der Waals surface area contributed by atoms with E-state index in [1.807, 2.05) is 25.1 Å². The molecule has 1 aliphatic heterocycles. The van der Waals surface area contributed by atoms with Crippen LogP contribution in [0.1, 0.15) is 30.7 Å². The molecule has 3 rings (SSSR count). The molecule has 2 aromatic rings. The Morgan fingerprint density at radius 1 is 1.43 bits per heavy atom. The molecule has 1 N–H and O–H groups in total. The van der Waals surface area contributed by atoms with E-state index in [1.54, 1.807) is 11.8 Å². The van der Waals surface area contributed by atoms with Crippen LogP contribution in [-0.2, 0) is 11.3 Å². The minimum Gasteiger partial charge on any atom is -0.486 e. The summed E-state index contributed by atoms with van der Waals surface area (Å²) in [6, 6.07) is 5.59. The van der Waals surface area contributed by atoms with E-state index in [1.165, 1.54) is 12.8 Å². The van der Waals surface area contributed by atoms with Crippen molar-refractivity contribution in [1.82, 2.24) is 15.2 Å². The fourth-order valence-corrected chi connectivity index (χ4v) is 3.37. The molecule has 1 aromatic carbocycles. The lowest BCUT2D eigenvalue weighted by molar-refractivity contribution is 0.0315. The number of thioether (sulfide) groups is 1. The molecule has 124 valence electrons. The molecule has 0 saturated carbocycles. The van der Waals surface area contributed by atoms with Crippen LogP contribution in [-0.4, -0.2) is 33.6 Å². The second-order valence-corrected chi connectivity index (χ2v) is 6.96. The highest BCUT2D eigenvalue weighted by Gasteiger charge is 2.15. The number of nitrogens with one attached hydrogen (secondary N) is 1. The highest BCUT2D eigenvalue weighted by Crippen LogP contribution is 2.23. The maximum Gasteiger partial charge on any atom is 0.208 e. The molecule has 1 atom stereocenters. The first-order chi connectivity index (χ1) is 11.2. The Balaban J connectivity index is 1.47. The van der Waals surface area contributed by atoms with E-state index in [-0.39, 0.29) is 0 Å². The van der Waals surface area contributed by atoms with Gasteiger partial charge in [0, 0.05) is 17.4 Å². The van der Waals surface area contributed by atoms with Gasteiger partial charge in [-0.25, -0.2) is 4.98 Å². The standard InChI is InChI=1S/C16H20ClN3O2S/c1-11-8-12(5-6-14(11)17)22-9-15-18-16(20-19-15)23-10-13-4-2-3-7-21-13/h5-6,8,13H,2-4,7,9-10H2,1H3,(H,18,19,20)/t13-/m1/s1. The maximum absolute atomic E-state index is 6.00. The summed E-state index contributed by atoms with van der Waals surface area (Å²) in [5, 5.41) is 8.61. The quantitative estimate of drug-likeness (QED) is 0.795. The van der Waals surface area contributed by atoms with Crippen LogP contribution in [0.25, 0.3) is 0 Å². The van der Waals surface area contributed by atoms with Crippen molar-refractivity contribution in [2.45, 2.75) is 44.1 Å². The molecule has 0 unspecified atom stereocenters. The van der Waals surface area contributed by atoms with Crippen molar-refractivity contribution in [3.63, 3.8) is 0 Å². The van der Waals surface area contributed by atoms with Crippen LogP contribution in [0.15, 0.2) is 23.4 Å². The Kier molecular flexibility index (Phi) is 5.80. The van der Waals surface area contributed by atoms with Crippen molar-refractivity contribution in [3.05, 3.63) is 34.6 Å². The lowest BCUT2D eigenvalue weighted by Gasteiger charge is -2.21. The number of H-pyrrole nitrogens is 1. The van der Waals surface area contributed by atoms with E-state index < -0.39 is 0 Å². The molecule has 1 fully saturated rings. The van der Waals surface area contributed by atoms with Crippen molar-refractivity contribution in [2.75, 3.05) is 12.4 Å². The van der Waals surface area contributed by atoms with Gasteiger partial charge in [0.2, 0.25) is 5.16 Å². The summed E-state index contributed by atoms with van der Waals surface area (Å²) in [7, 11) is 0. The molecular weight excluding hydrogens is 334 g/mol. The summed E-state index contributed by atoms with van der Waals surface area (Å²) in [6.07, 6.45) is 3.87. The van der Waals surface area contributed by atoms with Crippen LogP contribution in [0, 0.1) is 6.92 Å². The van der Waals surface area contributed by atoms with Gasteiger partial charge >= 0.3 is 0 Å². The molecule has 0 radical (unpaired) electrons. The SMILES string of the molecule is Cc1cc(OCc2nc(SC[C@H]3CCCCO3)n[nH]2)ccc1Cl. The van der Waals surface area contributed by atoms with E-state index in [0.29, 0.717) is 18.5 Å². The average Bonchev–Trinajstić information content (AvgIpc) is 3.03. The summed E-state index contributed by atoms with van der Waals surface area (Å²) < 4.78 is 11.4. The van der Waals surface area contributed by atoms with Crippen LogP contribution < -0.4 is 4.74 Å². The molecular formula is C16H20ClN3O2S. The second-order valence-electron chi connectivity index (χ2n) is 5.56. The Morgan fingerprint density at radius 3 is 3.13 bits per heavy atom. The number of ether oxygens (including phenoxy) is 2. The predicted octanol–water partition coefficient (Wildman–Crippen LogP) is 4.01. The summed E-state index contributed by atoms with van der Waals surface area (Å²) in [6.45, 7) is 3.18. The third-order valence-corrected chi connectivity index (χ3v) is 5.09. The lowest BCUT2D eigenvalue weighted by atomic mass is 10.1. The lowest BCUT2D eigenvalue weighted by Crippen LogP contribution is -2.21. The van der Waals surface area contributed by atoms with E-state index in [2.05, 4.69) is 15.2 Å². The molecule has 1 aliphatic rings. The Hall–Kier alpha value is -1.24. The average molecular weight is 354 g/mol. The molecule has 0 bridgehead atoms. The van der Waals surface area contributed by atoms with Crippen molar-refractivity contribution >= 4 is 23.4 Å². The monoisotopic (exact) mass is 353 g/mol. The molecule has 0 aliphatic carbocycles. The normalized spacial score (nSPS) is 18.1. The van der Waals surface area contributed by atoms with E-state index in [9.17, 15) is 0 Å². The Morgan fingerprint density at radius 2 is 2.35 bits per heavy atom. The zero-order chi connectivity index (χ0) is 16.1. The fraction of sp³-hybridized carbons (Fsp3) is 0.500. The highest BCUT2D eigenvalue weighted by atomic mass is 35.5. The number of hydrogen-bond donors (Lipinski definition) is 1. The van der Waals surface area contributed by atoms with Gasteiger partial charge in [-0.2, -0.15) is 0 Å². The minimum atomic E-state index is 0.323. The van der Waals surface area contributed by atoms with Crippen LogP contribution in [0.3, 0.4) is 0 Å². The molecule has 1 aromatic heterocycles. The molecule has 2 heterocycles. The number of hydrogen-bond acceptors (Lipinski definition) is 5. The molecule has 1 saturated heterocycles. The van der Waals surface area contributed by atoms with Crippen molar-refractivity contribution in [2.24, 2.45) is 0 Å². The topological polar surface area (TPSA) is 60.0 Å². The van der Waals surface area contributed by atoms with Gasteiger partial charge in [-0.1, -0.05) is 23.4 Å². The van der Waals surface area contributed by atoms with Crippen LogP contribution >= 0.6 is 23.4 Å². The van der Waals surface area contributed by atoms with Gasteiger partial charge in [-0.05, 0) is 49.9 Å². The molecule has 0 amide bonds. The van der Waals surface area contributed by atoms with Crippen LogP contribution in [0.2, 0.25) is 5.02 Å². The first-order valence-corrected chi connectivity index (χ1v) is 9.12. The maximum atomic E-state index is 6.00. The number of aryl methyl sites for hydroxylation is 1. The summed E-state index contributed by atoms with van der Waals surface area (Å²) >= 11 is 7.63. The first-order valence-electron chi connectivity index (χ1n) is 7.75. The minimum absolute atomic E-state index is 0.323. The zero-order valence-electron chi connectivity index (χ0n) is 13.0. The Bertz CT molecular complexity index is 644. The van der Waals surface area contributed by atoms with Gasteiger partial charge in [0.25, 0.3) is 0 Å². The van der Waals surface area contributed by atoms with E-state index in [4.69, 9.17) is 21.1 Å². The first kappa shape index (κ1) is 16.6. The molecule has 0 spiro atoms. The third-order valence-electron chi connectivity index (χ3n) is 3.69. The van der Waals surface area contributed by atoms with Gasteiger partial charge in [-0.15, -0.1) is 5.10 Å². The summed E-state index contributed by atoms with van der Waals surface area (Å²) in [4.78, 5) is 4.44. The van der Waals surface area contributed by atoms with Crippen LogP contribution in [0.4, 0.5) is 0 Å². The van der Waals surface area contributed by atoms with Crippen molar-refractivity contribution < 1.29 is 9.47 Å². The largest absolute Gasteiger partial charge is 0.486 e. The van der Waals surface area contributed by atoms with Gasteiger partial charge in [0.1, 0.15) is 12.4 Å². The number of halogens is 1. The van der Waals surface area contributed by atoms with Gasteiger partial charge < -0.3 is 9.47 Å². The van der Waals surface area contributed by atoms with E-state index >= 15 is 0 Å². The van der Waals surface area contributed by atoms with Gasteiger partial charge in [-0.3, -0.25) is 5.10 Å². The van der Waals surface area contributed by atoms with E-state index in [0.717, 1.165) is 40.3 Å². The molecule has 5 nitrogen and oxygen atoms in total. The number of benzene rings is 1. The van der Waals surface area contributed by atoms with Crippen molar-refractivity contribution in [3.8, 4) is 5.75 Å². The van der Waals surface area contributed by atoms with Crippen molar-refractivity contribution in [1.29, 1.82) is 0 Å². The highest BCUT2D eigenvalue weighted by molar-refractivity contribution is 7.99.